The average Bonchev–Trinajstić information content (AvgIpc) is 2.46. The zero-order valence-corrected chi connectivity index (χ0v) is 8.15. The van der Waals surface area contributed by atoms with Gasteiger partial charge in [-0.3, -0.25) is 4.68 Å². The minimum absolute atomic E-state index is 0.0313. The summed E-state index contributed by atoms with van der Waals surface area (Å²) in [5.74, 6) is -0.0313. The Hall–Kier alpha value is -1.23. The fraction of sp³-hybridized carbons (Fsp3) is 0.429. The predicted molar refractivity (Wildman–Crippen MR) is 50.1 cm³/mol. The highest BCUT2D eigenvalue weighted by molar-refractivity contribution is 6.33. The zero-order chi connectivity index (χ0) is 10.0. The summed E-state index contributed by atoms with van der Waals surface area (Å²) in [5, 5.41) is 15.8. The van der Waals surface area contributed by atoms with E-state index in [1.54, 1.807) is 4.68 Å². The van der Waals surface area contributed by atoms with Crippen LogP contribution >= 0.6 is 11.6 Å². The van der Waals surface area contributed by atoms with E-state index in [0.717, 1.165) is 0 Å². The van der Waals surface area contributed by atoms with Crippen LogP contribution < -0.4 is 5.73 Å². The fourth-order valence-electron chi connectivity index (χ4n) is 1.02. The molecular formula is C7H11ClN4O. The number of hydrogen-bond acceptors (Lipinski definition) is 3. The highest BCUT2D eigenvalue weighted by Crippen LogP contribution is 2.18. The van der Waals surface area contributed by atoms with Crippen molar-refractivity contribution in [1.82, 2.24) is 9.78 Å². The Labute approximate surface area is 80.8 Å². The Morgan fingerprint density at radius 2 is 2.38 bits per heavy atom. The lowest BCUT2D eigenvalue weighted by Gasteiger charge is -2.09. The van der Waals surface area contributed by atoms with Gasteiger partial charge in [0.05, 0.1) is 11.2 Å². The molecule has 0 aliphatic heterocycles. The van der Waals surface area contributed by atoms with Crippen molar-refractivity contribution >= 4 is 17.4 Å². The highest BCUT2D eigenvalue weighted by Gasteiger charge is 2.15. The largest absolute Gasteiger partial charge is 0.409 e. The molecule has 0 atom stereocenters. The van der Waals surface area contributed by atoms with Crippen molar-refractivity contribution in [2.45, 2.75) is 19.9 Å². The molecule has 0 saturated carbocycles. The number of halogens is 1. The van der Waals surface area contributed by atoms with Gasteiger partial charge < -0.3 is 10.9 Å². The number of nitrogens with two attached hydrogens (primary N) is 1. The van der Waals surface area contributed by atoms with E-state index < -0.39 is 0 Å². The lowest BCUT2D eigenvalue weighted by molar-refractivity contribution is 0.318. The molecule has 0 saturated heterocycles. The number of hydrogen-bond donors (Lipinski definition) is 2. The van der Waals surface area contributed by atoms with Gasteiger partial charge in [-0.1, -0.05) is 16.8 Å². The molecule has 1 rings (SSSR count). The molecule has 1 heterocycles. The Kier molecular flexibility index (Phi) is 2.77. The molecule has 0 bridgehead atoms. The van der Waals surface area contributed by atoms with E-state index in [1.807, 2.05) is 13.8 Å². The van der Waals surface area contributed by atoms with Gasteiger partial charge in [0.25, 0.3) is 0 Å². The van der Waals surface area contributed by atoms with Crippen LogP contribution in [0, 0.1) is 0 Å². The Morgan fingerprint density at radius 3 is 2.85 bits per heavy atom. The van der Waals surface area contributed by atoms with Crippen molar-refractivity contribution < 1.29 is 5.21 Å². The van der Waals surface area contributed by atoms with Gasteiger partial charge in [-0.25, -0.2) is 0 Å². The first-order valence-corrected chi connectivity index (χ1v) is 4.16. The SMILES string of the molecule is CC(C)n1ncc(Cl)c1/C(N)=N\O. The van der Waals surface area contributed by atoms with E-state index in [-0.39, 0.29) is 11.9 Å². The van der Waals surface area contributed by atoms with Gasteiger partial charge in [-0.05, 0) is 13.8 Å². The number of nitrogens with zero attached hydrogens (tertiary/aromatic N) is 3. The van der Waals surface area contributed by atoms with Gasteiger partial charge in [0, 0.05) is 6.04 Å². The Bertz CT molecular complexity index is 331. The number of amidine groups is 1. The topological polar surface area (TPSA) is 76.4 Å². The van der Waals surface area contributed by atoms with Gasteiger partial charge >= 0.3 is 0 Å². The third-order valence-electron chi connectivity index (χ3n) is 1.59. The highest BCUT2D eigenvalue weighted by atomic mass is 35.5. The normalized spacial score (nSPS) is 12.5. The molecule has 0 amide bonds. The lowest BCUT2D eigenvalue weighted by atomic mass is 10.3. The Morgan fingerprint density at radius 1 is 1.77 bits per heavy atom. The summed E-state index contributed by atoms with van der Waals surface area (Å²) in [7, 11) is 0. The predicted octanol–water partition coefficient (Wildman–Crippen LogP) is 1.21. The monoisotopic (exact) mass is 202 g/mol. The van der Waals surface area contributed by atoms with Gasteiger partial charge in [0.1, 0.15) is 5.69 Å². The van der Waals surface area contributed by atoms with E-state index in [4.69, 9.17) is 22.5 Å². The quantitative estimate of drug-likeness (QED) is 0.328. The molecule has 13 heavy (non-hydrogen) atoms. The van der Waals surface area contributed by atoms with Gasteiger partial charge in [-0.15, -0.1) is 0 Å². The second-order valence-electron chi connectivity index (χ2n) is 2.86. The fourth-order valence-corrected chi connectivity index (χ4v) is 1.25. The molecular weight excluding hydrogens is 192 g/mol. The van der Waals surface area contributed by atoms with Crippen LogP contribution in [0.25, 0.3) is 0 Å². The van der Waals surface area contributed by atoms with Crippen molar-refractivity contribution in [3.8, 4) is 0 Å². The first-order valence-electron chi connectivity index (χ1n) is 3.78. The van der Waals surface area contributed by atoms with Crippen molar-refractivity contribution in [2.75, 3.05) is 0 Å². The van der Waals surface area contributed by atoms with Crippen LogP contribution in [-0.4, -0.2) is 20.8 Å². The van der Waals surface area contributed by atoms with Crippen LogP contribution in [0.3, 0.4) is 0 Å². The molecule has 0 fully saturated rings. The third kappa shape index (κ3) is 1.75. The first-order chi connectivity index (χ1) is 6.07. The summed E-state index contributed by atoms with van der Waals surface area (Å²) < 4.78 is 1.59. The third-order valence-corrected chi connectivity index (χ3v) is 1.87. The van der Waals surface area contributed by atoms with Crippen LogP contribution in [-0.2, 0) is 0 Å². The minimum atomic E-state index is -0.0313. The van der Waals surface area contributed by atoms with Crippen molar-refractivity contribution in [2.24, 2.45) is 10.9 Å². The van der Waals surface area contributed by atoms with E-state index in [2.05, 4.69) is 10.3 Å². The first kappa shape index (κ1) is 9.85. The number of rotatable bonds is 2. The van der Waals surface area contributed by atoms with Crippen molar-refractivity contribution in [1.29, 1.82) is 0 Å². The molecule has 1 aromatic rings. The molecule has 3 N–H and O–H groups in total. The van der Waals surface area contributed by atoms with Gasteiger partial charge in [0.15, 0.2) is 5.84 Å². The van der Waals surface area contributed by atoms with E-state index in [0.29, 0.717) is 10.7 Å². The molecule has 6 heteroatoms. The summed E-state index contributed by atoms with van der Waals surface area (Å²) in [6.07, 6.45) is 1.47. The van der Waals surface area contributed by atoms with E-state index >= 15 is 0 Å². The molecule has 72 valence electrons. The summed E-state index contributed by atoms with van der Waals surface area (Å²) in [6.45, 7) is 3.86. The molecule has 5 nitrogen and oxygen atoms in total. The molecule has 0 unspecified atom stereocenters. The number of oxime groups is 1. The number of aromatic nitrogens is 2. The van der Waals surface area contributed by atoms with Gasteiger partial charge in [-0.2, -0.15) is 5.10 Å². The zero-order valence-electron chi connectivity index (χ0n) is 7.40. The standard InChI is InChI=1S/C7H11ClN4O/c1-4(2)12-6(7(9)11-13)5(8)3-10-12/h3-4,13H,1-2H3,(H2,9,11). The summed E-state index contributed by atoms with van der Waals surface area (Å²) in [5.41, 5.74) is 5.88. The lowest BCUT2D eigenvalue weighted by Crippen LogP contribution is -2.20. The van der Waals surface area contributed by atoms with Gasteiger partial charge in [0.2, 0.25) is 0 Å². The maximum Gasteiger partial charge on any atom is 0.189 e. The molecule has 0 aliphatic rings. The summed E-state index contributed by atoms with van der Waals surface area (Å²) in [4.78, 5) is 0. The second-order valence-corrected chi connectivity index (χ2v) is 3.27. The molecule has 1 aromatic heterocycles. The van der Waals surface area contributed by atoms with Crippen LogP contribution in [0.4, 0.5) is 0 Å². The van der Waals surface area contributed by atoms with Crippen LogP contribution in [0.15, 0.2) is 11.4 Å². The minimum Gasteiger partial charge on any atom is -0.409 e. The maximum atomic E-state index is 8.50. The molecule has 0 aromatic carbocycles. The summed E-state index contributed by atoms with van der Waals surface area (Å²) in [6, 6.07) is 0.114. The van der Waals surface area contributed by atoms with E-state index in [9.17, 15) is 0 Å². The molecule has 0 radical (unpaired) electrons. The molecule has 0 spiro atoms. The van der Waals surface area contributed by atoms with Crippen LogP contribution in [0.5, 0.6) is 0 Å². The van der Waals surface area contributed by atoms with Crippen molar-refractivity contribution in [3.05, 3.63) is 16.9 Å². The van der Waals surface area contributed by atoms with Crippen LogP contribution in [0.2, 0.25) is 5.02 Å². The van der Waals surface area contributed by atoms with Crippen molar-refractivity contribution in [3.63, 3.8) is 0 Å². The van der Waals surface area contributed by atoms with Crippen LogP contribution in [0.1, 0.15) is 25.6 Å². The molecule has 0 aliphatic carbocycles. The average molecular weight is 203 g/mol. The second kappa shape index (κ2) is 3.66. The smallest absolute Gasteiger partial charge is 0.189 e. The van der Waals surface area contributed by atoms with E-state index in [1.165, 1.54) is 6.20 Å². The summed E-state index contributed by atoms with van der Waals surface area (Å²) >= 11 is 5.81. The maximum absolute atomic E-state index is 8.50. The Balaban J connectivity index is 3.24.